The number of nitrogens with one attached hydrogen (secondary N) is 1. The summed E-state index contributed by atoms with van der Waals surface area (Å²) in [7, 11) is 0. The van der Waals surface area contributed by atoms with Gasteiger partial charge in [0.1, 0.15) is 0 Å². The van der Waals surface area contributed by atoms with Crippen molar-refractivity contribution in [2.24, 2.45) is 0 Å². The zero-order chi connectivity index (χ0) is 13.6. The molecule has 2 N–H and O–H groups in total. The average molecular weight is 314 g/mol. The molecule has 1 rings (SSSR count). The van der Waals surface area contributed by atoms with Crippen molar-refractivity contribution in [3.05, 3.63) is 34.3 Å². The fourth-order valence-corrected chi connectivity index (χ4v) is 2.06. The first-order valence-corrected chi connectivity index (χ1v) is 6.88. The van der Waals surface area contributed by atoms with E-state index in [-0.39, 0.29) is 17.9 Å². The van der Waals surface area contributed by atoms with Crippen molar-refractivity contribution in [1.82, 2.24) is 5.32 Å². The van der Waals surface area contributed by atoms with E-state index in [1.54, 1.807) is 0 Å². The Morgan fingerprint density at radius 2 is 2.17 bits per heavy atom. The Hall–Kier alpha value is -0.870. The summed E-state index contributed by atoms with van der Waals surface area (Å²) in [6.45, 7) is 4.85. The van der Waals surface area contributed by atoms with Gasteiger partial charge in [0.15, 0.2) is 0 Å². The molecule has 4 heteroatoms. The molecule has 0 aliphatic carbocycles. The Bertz CT molecular complexity index is 405. The Kier molecular flexibility index (Phi) is 5.82. The lowest BCUT2D eigenvalue weighted by Crippen LogP contribution is -2.36. The van der Waals surface area contributed by atoms with Gasteiger partial charge in [-0.25, -0.2) is 0 Å². The first-order valence-electron chi connectivity index (χ1n) is 6.09. The van der Waals surface area contributed by atoms with Gasteiger partial charge in [-0.1, -0.05) is 41.9 Å². The Labute approximate surface area is 117 Å². The van der Waals surface area contributed by atoms with Crippen LogP contribution in [0, 0.1) is 0 Å². The van der Waals surface area contributed by atoms with Gasteiger partial charge < -0.3 is 10.4 Å². The average Bonchev–Trinajstić information content (AvgIpc) is 2.34. The number of hydrogen-bond donors (Lipinski definition) is 2. The van der Waals surface area contributed by atoms with Crippen molar-refractivity contribution in [2.45, 2.75) is 32.1 Å². The number of carbonyl (C=O) groups excluding carboxylic acids is 1. The second kappa shape index (κ2) is 6.90. The largest absolute Gasteiger partial charge is 0.396 e. The van der Waals surface area contributed by atoms with Crippen molar-refractivity contribution in [3.63, 3.8) is 0 Å². The molecule has 0 saturated carbocycles. The first-order chi connectivity index (χ1) is 8.45. The molecule has 0 aliphatic rings. The van der Waals surface area contributed by atoms with Crippen LogP contribution in [0.4, 0.5) is 0 Å². The highest BCUT2D eigenvalue weighted by atomic mass is 79.9. The molecular weight excluding hydrogens is 294 g/mol. The number of carbonyl (C=O) groups is 1. The summed E-state index contributed by atoms with van der Waals surface area (Å²) < 4.78 is 1.04. The highest BCUT2D eigenvalue weighted by Crippen LogP contribution is 2.25. The van der Waals surface area contributed by atoms with E-state index in [0.717, 1.165) is 4.47 Å². The number of hydrogen-bond acceptors (Lipinski definition) is 2. The molecule has 0 spiro atoms. The van der Waals surface area contributed by atoms with E-state index in [1.807, 2.05) is 12.1 Å². The monoisotopic (exact) mass is 313 g/mol. The lowest BCUT2D eigenvalue weighted by atomic mass is 9.84. The molecular formula is C14H20BrNO2. The van der Waals surface area contributed by atoms with Gasteiger partial charge >= 0.3 is 0 Å². The van der Waals surface area contributed by atoms with Gasteiger partial charge in [0.05, 0.1) is 0 Å². The van der Waals surface area contributed by atoms with Gasteiger partial charge in [-0.3, -0.25) is 4.79 Å². The molecule has 3 nitrogen and oxygen atoms in total. The summed E-state index contributed by atoms with van der Waals surface area (Å²) in [5, 5.41) is 11.6. The maximum atomic E-state index is 11.5. The summed E-state index contributed by atoms with van der Waals surface area (Å²) in [5.41, 5.74) is 1.07. The highest BCUT2D eigenvalue weighted by Gasteiger charge is 2.21. The van der Waals surface area contributed by atoms with Crippen LogP contribution in [-0.4, -0.2) is 24.2 Å². The maximum Gasteiger partial charge on any atom is 0.220 e. The van der Waals surface area contributed by atoms with Crippen molar-refractivity contribution >= 4 is 21.8 Å². The van der Waals surface area contributed by atoms with Crippen LogP contribution in [0.5, 0.6) is 0 Å². The van der Waals surface area contributed by atoms with Gasteiger partial charge in [0.2, 0.25) is 5.91 Å². The van der Waals surface area contributed by atoms with Crippen LogP contribution in [0.25, 0.3) is 0 Å². The molecule has 1 aromatic carbocycles. The Morgan fingerprint density at radius 1 is 1.44 bits per heavy atom. The van der Waals surface area contributed by atoms with E-state index < -0.39 is 0 Å². The van der Waals surface area contributed by atoms with Crippen LogP contribution in [0.1, 0.15) is 32.3 Å². The molecule has 0 bridgehead atoms. The summed E-state index contributed by atoms with van der Waals surface area (Å²) in [6.07, 6.45) is 0.897. The lowest BCUT2D eigenvalue weighted by Gasteiger charge is -2.26. The minimum Gasteiger partial charge on any atom is -0.396 e. The second-order valence-corrected chi connectivity index (χ2v) is 5.91. The van der Waals surface area contributed by atoms with E-state index in [1.165, 1.54) is 5.56 Å². The van der Waals surface area contributed by atoms with E-state index in [4.69, 9.17) is 5.11 Å². The summed E-state index contributed by atoms with van der Waals surface area (Å²) in [4.78, 5) is 11.5. The molecule has 1 aromatic rings. The molecule has 0 aromatic heterocycles. The van der Waals surface area contributed by atoms with Crippen LogP contribution in [-0.2, 0) is 10.2 Å². The molecule has 0 heterocycles. The van der Waals surface area contributed by atoms with Crippen LogP contribution < -0.4 is 5.32 Å². The molecule has 1 amide bonds. The van der Waals surface area contributed by atoms with Gasteiger partial charge in [0, 0.05) is 29.5 Å². The van der Waals surface area contributed by atoms with Crippen molar-refractivity contribution in [3.8, 4) is 0 Å². The number of aliphatic hydroxyl groups is 1. The minimum atomic E-state index is -0.112. The van der Waals surface area contributed by atoms with Gasteiger partial charge in [-0.2, -0.15) is 0 Å². The molecule has 0 atom stereocenters. The molecule has 0 saturated heterocycles. The molecule has 0 radical (unpaired) electrons. The van der Waals surface area contributed by atoms with Gasteiger partial charge in [-0.15, -0.1) is 0 Å². The first kappa shape index (κ1) is 15.2. The van der Waals surface area contributed by atoms with Crippen LogP contribution in [0.3, 0.4) is 0 Å². The third-order valence-corrected chi connectivity index (χ3v) is 3.39. The smallest absolute Gasteiger partial charge is 0.220 e. The SMILES string of the molecule is CC(C)(CNC(=O)CCCO)c1cccc(Br)c1. The zero-order valence-electron chi connectivity index (χ0n) is 10.9. The lowest BCUT2D eigenvalue weighted by molar-refractivity contribution is -0.121. The Balaban J connectivity index is 2.57. The fourth-order valence-electron chi connectivity index (χ4n) is 1.66. The third kappa shape index (κ3) is 4.78. The zero-order valence-corrected chi connectivity index (χ0v) is 12.5. The quantitative estimate of drug-likeness (QED) is 0.848. The number of benzene rings is 1. The molecule has 0 aliphatic heterocycles. The van der Waals surface area contributed by atoms with E-state index in [0.29, 0.717) is 19.4 Å². The summed E-state index contributed by atoms with van der Waals surface area (Å²) >= 11 is 3.45. The number of rotatable bonds is 6. The van der Waals surface area contributed by atoms with Crippen molar-refractivity contribution in [2.75, 3.05) is 13.2 Å². The van der Waals surface area contributed by atoms with E-state index in [2.05, 4.69) is 47.2 Å². The normalized spacial score (nSPS) is 11.3. The minimum absolute atomic E-state index is 0.00729. The third-order valence-electron chi connectivity index (χ3n) is 2.90. The highest BCUT2D eigenvalue weighted by molar-refractivity contribution is 9.10. The molecule has 18 heavy (non-hydrogen) atoms. The Morgan fingerprint density at radius 3 is 2.78 bits per heavy atom. The maximum absolute atomic E-state index is 11.5. The van der Waals surface area contributed by atoms with E-state index in [9.17, 15) is 4.79 Å². The number of amides is 1. The number of halogens is 1. The van der Waals surface area contributed by atoms with Gasteiger partial charge in [0.25, 0.3) is 0 Å². The topological polar surface area (TPSA) is 49.3 Å². The number of aliphatic hydroxyl groups excluding tert-OH is 1. The second-order valence-electron chi connectivity index (χ2n) is 5.00. The standard InChI is InChI=1S/C14H20BrNO2/c1-14(2,10-16-13(18)7-4-8-17)11-5-3-6-12(15)9-11/h3,5-6,9,17H,4,7-8,10H2,1-2H3,(H,16,18). The predicted molar refractivity (Wildman–Crippen MR) is 76.5 cm³/mol. The molecule has 100 valence electrons. The molecule has 0 fully saturated rings. The van der Waals surface area contributed by atoms with Crippen molar-refractivity contribution < 1.29 is 9.90 Å². The predicted octanol–water partition coefficient (Wildman–Crippen LogP) is 2.62. The van der Waals surface area contributed by atoms with E-state index >= 15 is 0 Å². The molecule has 0 unspecified atom stereocenters. The van der Waals surface area contributed by atoms with Crippen LogP contribution in [0.15, 0.2) is 28.7 Å². The van der Waals surface area contributed by atoms with Crippen LogP contribution >= 0.6 is 15.9 Å². The summed E-state index contributed by atoms with van der Waals surface area (Å²) in [5.74, 6) is -0.00729. The van der Waals surface area contributed by atoms with Gasteiger partial charge in [-0.05, 0) is 24.1 Å². The fraction of sp³-hybridized carbons (Fsp3) is 0.500. The van der Waals surface area contributed by atoms with Crippen LogP contribution in [0.2, 0.25) is 0 Å². The van der Waals surface area contributed by atoms with Crippen molar-refractivity contribution in [1.29, 1.82) is 0 Å². The summed E-state index contributed by atoms with van der Waals surface area (Å²) in [6, 6.07) is 8.11.